The Morgan fingerprint density at radius 2 is 1.68 bits per heavy atom. The number of furan rings is 1. The number of nitrogens with one attached hydrogen (secondary N) is 1. The molecule has 1 N–H and O–H groups in total. The molecule has 0 bridgehead atoms. The Labute approximate surface area is 238 Å². The summed E-state index contributed by atoms with van der Waals surface area (Å²) in [5.41, 5.74) is 1.28. The topological polar surface area (TPSA) is 102 Å². The number of hydrogen-bond donors (Lipinski definition) is 1. The van der Waals surface area contributed by atoms with Crippen molar-refractivity contribution >= 4 is 30.8 Å². The highest BCUT2D eigenvalue weighted by molar-refractivity contribution is 6.88. The fourth-order valence-electron chi connectivity index (χ4n) is 3.99. The first-order valence-corrected chi connectivity index (χ1v) is 17.0. The van der Waals surface area contributed by atoms with Gasteiger partial charge in [-0.2, -0.15) is 9.97 Å². The molecule has 0 atom stereocenters. The Hall–Kier alpha value is -3.57. The van der Waals surface area contributed by atoms with Gasteiger partial charge in [-0.15, -0.1) is 0 Å². The Kier molecular flexibility index (Phi) is 10.6. The lowest BCUT2D eigenvalue weighted by atomic mass is 10.2. The van der Waals surface area contributed by atoms with E-state index in [4.69, 9.17) is 18.6 Å². The number of hydrogen-bond acceptors (Lipinski definition) is 9. The van der Waals surface area contributed by atoms with Crippen LogP contribution in [0.25, 0.3) is 0 Å². The van der Waals surface area contributed by atoms with Crippen LogP contribution in [-0.2, 0) is 11.2 Å². The van der Waals surface area contributed by atoms with Crippen LogP contribution in [0.5, 0.6) is 23.5 Å². The molecule has 40 heavy (non-hydrogen) atoms. The number of nitrogens with zero attached hydrogens (tertiary/aromatic N) is 4. The second-order valence-corrected chi connectivity index (χ2v) is 16.1. The summed E-state index contributed by atoms with van der Waals surface area (Å²) in [5.74, 6) is 2.14. The molecule has 218 valence electrons. The number of likely N-dealkylation sites (N-methyl/N-ethyl adjacent to an activating group) is 1. The summed E-state index contributed by atoms with van der Waals surface area (Å²) >= 11 is 0. The lowest BCUT2D eigenvalue weighted by Crippen LogP contribution is -2.37. The first kappa shape index (κ1) is 31.0. The van der Waals surface area contributed by atoms with Gasteiger partial charge in [-0.1, -0.05) is 43.9 Å². The molecule has 0 fully saturated rings. The van der Waals surface area contributed by atoms with Gasteiger partial charge in [0, 0.05) is 25.7 Å². The minimum Gasteiger partial charge on any atom is -0.479 e. The van der Waals surface area contributed by atoms with Crippen molar-refractivity contribution in [2.45, 2.75) is 46.3 Å². The standard InChI is InChI=1S/C29H43N5O5Si/c1-10-15-34(17-16-33(3)4)29-31-27(36-5)26(28(32-29)37-6)30-24(35)18-21-12-14-25(38-21)39-23-19-22(40(7,8)9)13-11-20(23)2/h11-14,19H,10,15-18H2,1-9H3,(H,30,35). The number of anilines is 2. The fourth-order valence-corrected chi connectivity index (χ4v) is 5.14. The van der Waals surface area contributed by atoms with Crippen molar-refractivity contribution in [2.24, 2.45) is 0 Å². The van der Waals surface area contributed by atoms with E-state index in [9.17, 15) is 4.79 Å². The zero-order valence-electron chi connectivity index (χ0n) is 25.3. The van der Waals surface area contributed by atoms with Crippen molar-refractivity contribution < 1.29 is 23.4 Å². The van der Waals surface area contributed by atoms with Crippen molar-refractivity contribution in [3.63, 3.8) is 0 Å². The number of ether oxygens (including phenoxy) is 3. The maximum absolute atomic E-state index is 13.0. The number of aryl methyl sites for hydroxylation is 1. The van der Waals surface area contributed by atoms with Gasteiger partial charge in [-0.05, 0) is 45.1 Å². The van der Waals surface area contributed by atoms with E-state index in [0.717, 1.165) is 37.4 Å². The van der Waals surface area contributed by atoms with Crippen molar-refractivity contribution in [3.05, 3.63) is 41.7 Å². The van der Waals surface area contributed by atoms with Gasteiger partial charge in [0.15, 0.2) is 5.69 Å². The first-order valence-electron chi connectivity index (χ1n) is 13.5. The summed E-state index contributed by atoms with van der Waals surface area (Å²) < 4.78 is 22.9. The Balaban J connectivity index is 1.75. The van der Waals surface area contributed by atoms with Crippen LogP contribution in [0.15, 0.2) is 34.7 Å². The molecule has 0 saturated heterocycles. The molecule has 0 aliphatic rings. The molecular weight excluding hydrogens is 526 g/mol. The average Bonchev–Trinajstić information content (AvgIpc) is 3.33. The molecule has 0 saturated carbocycles. The summed E-state index contributed by atoms with van der Waals surface area (Å²) in [5, 5.41) is 4.13. The Morgan fingerprint density at radius 1 is 1.00 bits per heavy atom. The van der Waals surface area contributed by atoms with Crippen LogP contribution in [0.3, 0.4) is 0 Å². The van der Waals surface area contributed by atoms with Crippen LogP contribution in [0.4, 0.5) is 11.6 Å². The third kappa shape index (κ3) is 8.22. The largest absolute Gasteiger partial charge is 0.479 e. The van der Waals surface area contributed by atoms with Crippen LogP contribution in [-0.4, -0.2) is 76.8 Å². The van der Waals surface area contributed by atoms with Crippen molar-refractivity contribution in [3.8, 4) is 23.5 Å². The van der Waals surface area contributed by atoms with E-state index in [1.165, 1.54) is 19.4 Å². The molecule has 11 heteroatoms. The molecule has 1 aromatic carbocycles. The molecule has 3 aromatic rings. The Morgan fingerprint density at radius 3 is 2.25 bits per heavy atom. The van der Waals surface area contributed by atoms with Gasteiger partial charge in [-0.3, -0.25) is 4.79 Å². The van der Waals surface area contributed by atoms with Crippen LogP contribution < -0.4 is 29.6 Å². The Bertz CT molecular complexity index is 1260. The monoisotopic (exact) mass is 569 g/mol. The number of carbonyl (C=O) groups is 1. The minimum atomic E-state index is -1.50. The van der Waals surface area contributed by atoms with E-state index in [0.29, 0.717) is 17.7 Å². The molecule has 1 amide bonds. The lowest BCUT2D eigenvalue weighted by molar-refractivity contribution is -0.115. The van der Waals surface area contributed by atoms with E-state index in [-0.39, 0.29) is 29.8 Å². The molecule has 10 nitrogen and oxygen atoms in total. The molecule has 2 heterocycles. The molecule has 0 aliphatic heterocycles. The van der Waals surface area contributed by atoms with E-state index in [2.05, 4.69) is 69.8 Å². The molecular formula is C29H43N5O5Si. The quantitative estimate of drug-likeness (QED) is 0.277. The average molecular weight is 570 g/mol. The normalized spacial score (nSPS) is 11.4. The third-order valence-electron chi connectivity index (χ3n) is 6.31. The van der Waals surface area contributed by atoms with E-state index < -0.39 is 8.07 Å². The summed E-state index contributed by atoms with van der Waals surface area (Å²) in [7, 11) is 5.54. The van der Waals surface area contributed by atoms with Crippen molar-refractivity contribution in [1.82, 2.24) is 14.9 Å². The summed E-state index contributed by atoms with van der Waals surface area (Å²) in [6.45, 7) is 13.3. The highest BCUT2D eigenvalue weighted by Gasteiger charge is 2.22. The van der Waals surface area contributed by atoms with Crippen LogP contribution in [0, 0.1) is 6.92 Å². The zero-order chi connectivity index (χ0) is 29.4. The predicted octanol–water partition coefficient (Wildman–Crippen LogP) is 4.69. The highest BCUT2D eigenvalue weighted by atomic mass is 28.3. The van der Waals surface area contributed by atoms with Crippen LogP contribution >= 0.6 is 0 Å². The second-order valence-electron chi connectivity index (χ2n) is 11.0. The van der Waals surface area contributed by atoms with Gasteiger partial charge in [0.2, 0.25) is 23.6 Å². The van der Waals surface area contributed by atoms with Gasteiger partial charge in [0.05, 0.1) is 28.7 Å². The van der Waals surface area contributed by atoms with Gasteiger partial charge in [0.25, 0.3) is 5.95 Å². The third-order valence-corrected chi connectivity index (χ3v) is 8.35. The maximum atomic E-state index is 13.0. The van der Waals surface area contributed by atoms with Crippen LogP contribution in [0.2, 0.25) is 19.6 Å². The maximum Gasteiger partial charge on any atom is 0.290 e. The van der Waals surface area contributed by atoms with Gasteiger partial charge in [-0.25, -0.2) is 0 Å². The first-order chi connectivity index (χ1) is 18.9. The minimum absolute atomic E-state index is 0.0177. The molecule has 0 unspecified atom stereocenters. The van der Waals surface area contributed by atoms with Crippen molar-refractivity contribution in [2.75, 3.05) is 58.2 Å². The van der Waals surface area contributed by atoms with Crippen LogP contribution in [0.1, 0.15) is 24.7 Å². The number of methoxy groups -OCH3 is 2. The highest BCUT2D eigenvalue weighted by Crippen LogP contribution is 2.34. The zero-order valence-corrected chi connectivity index (χ0v) is 26.3. The second kappa shape index (κ2) is 13.7. The van der Waals surface area contributed by atoms with E-state index in [1.54, 1.807) is 12.1 Å². The number of carbonyl (C=O) groups excluding carboxylic acids is 1. The number of aromatic nitrogens is 2. The van der Waals surface area contributed by atoms with Gasteiger partial charge < -0.3 is 33.7 Å². The molecule has 0 radical (unpaired) electrons. The number of amides is 1. The number of benzene rings is 1. The molecule has 3 rings (SSSR count). The van der Waals surface area contributed by atoms with E-state index in [1.807, 2.05) is 21.0 Å². The predicted molar refractivity (Wildman–Crippen MR) is 161 cm³/mol. The van der Waals surface area contributed by atoms with Gasteiger partial charge >= 0.3 is 0 Å². The number of rotatable bonds is 14. The summed E-state index contributed by atoms with van der Waals surface area (Å²) in [4.78, 5) is 26.3. The van der Waals surface area contributed by atoms with Gasteiger partial charge in [0.1, 0.15) is 11.5 Å². The molecule has 2 aromatic heterocycles. The SMILES string of the molecule is CCCN(CCN(C)C)c1nc(OC)c(NC(=O)Cc2ccc(Oc3cc([Si](C)(C)C)ccc3C)o2)c(OC)n1. The molecule has 0 spiro atoms. The molecule has 0 aliphatic carbocycles. The smallest absolute Gasteiger partial charge is 0.290 e. The van der Waals surface area contributed by atoms with E-state index >= 15 is 0 Å². The summed E-state index contributed by atoms with van der Waals surface area (Å²) in [6, 6.07) is 9.77. The fraction of sp³-hybridized carbons (Fsp3) is 0.483. The lowest BCUT2D eigenvalue weighted by Gasteiger charge is -2.25. The van der Waals surface area contributed by atoms with Crippen molar-refractivity contribution in [1.29, 1.82) is 0 Å². The summed E-state index contributed by atoms with van der Waals surface area (Å²) in [6.07, 6.45) is 0.911.